The third-order valence-electron chi connectivity index (χ3n) is 4.91. The zero-order valence-electron chi connectivity index (χ0n) is 15.0. The number of aliphatic imine (C=N–C) groups is 1. The number of nitrogens with zero attached hydrogens (tertiary/aromatic N) is 2. The van der Waals surface area contributed by atoms with E-state index in [2.05, 4.69) is 15.6 Å². The standard InChI is InChI=1S/C16H30N4O3S/c1-16(2)12-20(10-11-24(16,22)23)15(17-3)18-9-8-14(21)19-13-6-4-5-7-13/h13H,4-12H2,1-3H3,(H,17,18)(H,19,21). The van der Waals surface area contributed by atoms with E-state index in [9.17, 15) is 13.2 Å². The molecule has 0 aromatic heterocycles. The van der Waals surface area contributed by atoms with Crippen LogP contribution in [0.5, 0.6) is 0 Å². The highest BCUT2D eigenvalue weighted by atomic mass is 32.2. The average molecular weight is 359 g/mol. The van der Waals surface area contributed by atoms with Gasteiger partial charge in [-0.05, 0) is 26.7 Å². The van der Waals surface area contributed by atoms with Gasteiger partial charge in [0, 0.05) is 39.1 Å². The van der Waals surface area contributed by atoms with Crippen LogP contribution in [0.15, 0.2) is 4.99 Å². The van der Waals surface area contributed by atoms with Crippen molar-refractivity contribution in [3.05, 3.63) is 0 Å². The summed E-state index contributed by atoms with van der Waals surface area (Å²) >= 11 is 0. The van der Waals surface area contributed by atoms with Crippen molar-refractivity contribution in [3.8, 4) is 0 Å². The predicted octanol–water partition coefficient (Wildman–Crippen LogP) is 0.520. The summed E-state index contributed by atoms with van der Waals surface area (Å²) in [5.74, 6) is 0.848. The Hall–Kier alpha value is -1.31. The lowest BCUT2D eigenvalue weighted by molar-refractivity contribution is -0.121. The summed E-state index contributed by atoms with van der Waals surface area (Å²) < 4.78 is 23.4. The average Bonchev–Trinajstić information content (AvgIpc) is 2.99. The van der Waals surface area contributed by atoms with E-state index >= 15 is 0 Å². The van der Waals surface area contributed by atoms with Crippen LogP contribution in [0, 0.1) is 0 Å². The Labute approximate surface area is 145 Å². The second-order valence-corrected chi connectivity index (χ2v) is 10.0. The molecule has 0 spiro atoms. The number of rotatable bonds is 4. The maximum atomic E-state index is 12.1. The van der Waals surface area contributed by atoms with E-state index in [0.717, 1.165) is 12.8 Å². The largest absolute Gasteiger partial charge is 0.356 e. The molecule has 1 heterocycles. The molecule has 0 aromatic rings. The van der Waals surface area contributed by atoms with Crippen LogP contribution < -0.4 is 10.6 Å². The third kappa shape index (κ3) is 4.62. The number of carbonyl (C=O) groups excluding carboxylic acids is 1. The molecule has 8 heteroatoms. The highest BCUT2D eigenvalue weighted by molar-refractivity contribution is 7.92. The molecule has 1 saturated heterocycles. The SMILES string of the molecule is CN=C(NCCC(=O)NC1CCCC1)N1CCS(=O)(=O)C(C)(C)C1. The van der Waals surface area contributed by atoms with Gasteiger partial charge in [0.15, 0.2) is 15.8 Å². The van der Waals surface area contributed by atoms with E-state index in [1.54, 1.807) is 20.9 Å². The Kier molecular flexibility index (Phi) is 6.11. The second-order valence-electron chi connectivity index (χ2n) is 7.27. The Morgan fingerprint density at radius 2 is 1.96 bits per heavy atom. The summed E-state index contributed by atoms with van der Waals surface area (Å²) in [6.45, 7) is 4.82. The molecule has 0 aromatic carbocycles. The summed E-state index contributed by atoms with van der Waals surface area (Å²) in [6.07, 6.45) is 4.95. The predicted molar refractivity (Wildman–Crippen MR) is 95.8 cm³/mol. The maximum Gasteiger partial charge on any atom is 0.221 e. The van der Waals surface area contributed by atoms with Crippen LogP contribution in [0.2, 0.25) is 0 Å². The molecule has 2 fully saturated rings. The summed E-state index contributed by atoms with van der Waals surface area (Å²) in [7, 11) is -1.39. The van der Waals surface area contributed by atoms with E-state index in [-0.39, 0.29) is 11.7 Å². The van der Waals surface area contributed by atoms with Gasteiger partial charge in [-0.25, -0.2) is 8.42 Å². The maximum absolute atomic E-state index is 12.1. The molecule has 1 saturated carbocycles. The number of amides is 1. The van der Waals surface area contributed by atoms with Gasteiger partial charge >= 0.3 is 0 Å². The zero-order valence-corrected chi connectivity index (χ0v) is 15.8. The number of nitrogens with one attached hydrogen (secondary N) is 2. The van der Waals surface area contributed by atoms with Crippen molar-refractivity contribution in [2.24, 2.45) is 4.99 Å². The van der Waals surface area contributed by atoms with Crippen molar-refractivity contribution in [3.63, 3.8) is 0 Å². The fourth-order valence-electron chi connectivity index (χ4n) is 3.31. The van der Waals surface area contributed by atoms with Crippen LogP contribution >= 0.6 is 0 Å². The molecule has 7 nitrogen and oxygen atoms in total. The molecule has 0 radical (unpaired) electrons. The van der Waals surface area contributed by atoms with Gasteiger partial charge in [-0.3, -0.25) is 9.79 Å². The first-order valence-electron chi connectivity index (χ1n) is 8.72. The smallest absolute Gasteiger partial charge is 0.221 e. The third-order valence-corrected chi connectivity index (χ3v) is 7.44. The fraction of sp³-hybridized carbons (Fsp3) is 0.875. The van der Waals surface area contributed by atoms with E-state index < -0.39 is 14.6 Å². The molecule has 2 N–H and O–H groups in total. The lowest BCUT2D eigenvalue weighted by Crippen LogP contribution is -2.57. The number of hydrogen-bond acceptors (Lipinski definition) is 4. The molecule has 0 atom stereocenters. The van der Waals surface area contributed by atoms with Crippen molar-refractivity contribution < 1.29 is 13.2 Å². The van der Waals surface area contributed by atoms with Gasteiger partial charge in [-0.15, -0.1) is 0 Å². The first kappa shape index (κ1) is 19.0. The van der Waals surface area contributed by atoms with Crippen molar-refractivity contribution in [1.82, 2.24) is 15.5 Å². The minimum Gasteiger partial charge on any atom is -0.356 e. The molecular weight excluding hydrogens is 328 g/mol. The Morgan fingerprint density at radius 3 is 2.54 bits per heavy atom. The topological polar surface area (TPSA) is 90.9 Å². The number of sulfone groups is 1. The van der Waals surface area contributed by atoms with Crippen LogP contribution in [0.3, 0.4) is 0 Å². The van der Waals surface area contributed by atoms with Crippen LogP contribution in [-0.4, -0.2) is 68.4 Å². The van der Waals surface area contributed by atoms with E-state index in [4.69, 9.17) is 0 Å². The fourth-order valence-corrected chi connectivity index (χ4v) is 4.68. The lowest BCUT2D eigenvalue weighted by Gasteiger charge is -2.39. The summed E-state index contributed by atoms with van der Waals surface area (Å²) in [6, 6.07) is 0.338. The minimum atomic E-state index is -3.07. The van der Waals surface area contributed by atoms with E-state index in [1.807, 2.05) is 4.90 Å². The van der Waals surface area contributed by atoms with Crippen molar-refractivity contribution in [2.45, 2.75) is 56.7 Å². The molecule has 138 valence electrons. The lowest BCUT2D eigenvalue weighted by atomic mass is 10.2. The highest BCUT2D eigenvalue weighted by Gasteiger charge is 2.40. The van der Waals surface area contributed by atoms with Crippen LogP contribution in [-0.2, 0) is 14.6 Å². The molecule has 24 heavy (non-hydrogen) atoms. The number of guanidine groups is 1. The van der Waals surface area contributed by atoms with Crippen molar-refractivity contribution >= 4 is 21.7 Å². The number of hydrogen-bond donors (Lipinski definition) is 2. The van der Waals surface area contributed by atoms with Gasteiger partial charge < -0.3 is 15.5 Å². The monoisotopic (exact) mass is 358 g/mol. The first-order chi connectivity index (χ1) is 11.2. The van der Waals surface area contributed by atoms with Crippen LogP contribution in [0.25, 0.3) is 0 Å². The van der Waals surface area contributed by atoms with Crippen LogP contribution in [0.4, 0.5) is 0 Å². The quantitative estimate of drug-likeness (QED) is 0.565. The Balaban J connectivity index is 1.79. The molecule has 1 aliphatic heterocycles. The first-order valence-corrected chi connectivity index (χ1v) is 10.4. The zero-order chi connectivity index (χ0) is 17.8. The van der Waals surface area contributed by atoms with E-state index in [1.165, 1.54) is 12.8 Å². The summed E-state index contributed by atoms with van der Waals surface area (Å²) in [5, 5.41) is 6.24. The van der Waals surface area contributed by atoms with Gasteiger partial charge in [0.1, 0.15) is 0 Å². The Bertz CT molecular complexity index is 580. The molecule has 2 rings (SSSR count). The van der Waals surface area contributed by atoms with Gasteiger partial charge in [-0.2, -0.15) is 0 Å². The van der Waals surface area contributed by atoms with Crippen molar-refractivity contribution in [2.75, 3.05) is 32.4 Å². The minimum absolute atomic E-state index is 0.0615. The van der Waals surface area contributed by atoms with Crippen molar-refractivity contribution in [1.29, 1.82) is 0 Å². The molecule has 0 unspecified atom stereocenters. The second kappa shape index (κ2) is 7.72. The van der Waals surface area contributed by atoms with Crippen LogP contribution in [0.1, 0.15) is 46.0 Å². The van der Waals surface area contributed by atoms with Gasteiger partial charge in [-0.1, -0.05) is 12.8 Å². The Morgan fingerprint density at radius 1 is 1.29 bits per heavy atom. The normalized spacial score (nSPS) is 24.0. The summed E-state index contributed by atoms with van der Waals surface area (Å²) in [4.78, 5) is 18.1. The highest BCUT2D eigenvalue weighted by Crippen LogP contribution is 2.23. The van der Waals surface area contributed by atoms with Gasteiger partial charge in [0.2, 0.25) is 5.91 Å². The van der Waals surface area contributed by atoms with E-state index in [0.29, 0.717) is 38.1 Å². The molecule has 1 aliphatic carbocycles. The number of carbonyl (C=O) groups is 1. The molecular formula is C16H30N4O3S. The van der Waals surface area contributed by atoms with Gasteiger partial charge in [0.25, 0.3) is 0 Å². The molecule has 1 amide bonds. The molecule has 0 bridgehead atoms. The molecule has 2 aliphatic rings. The summed E-state index contributed by atoms with van der Waals surface area (Å²) in [5.41, 5.74) is 0. The van der Waals surface area contributed by atoms with Gasteiger partial charge in [0.05, 0.1) is 10.5 Å².